The monoisotopic (exact) mass is 562 g/mol. The molecular weight excluding hydrogens is 536 g/mol. The van der Waals surface area contributed by atoms with Crippen LogP contribution in [-0.4, -0.2) is 29.0 Å². The quantitative estimate of drug-likeness (QED) is 0.249. The van der Waals surface area contributed by atoms with Crippen LogP contribution in [0.15, 0.2) is 71.2 Å². The molecule has 9 heteroatoms. The zero-order valence-corrected chi connectivity index (χ0v) is 22.3. The van der Waals surface area contributed by atoms with E-state index in [1.54, 1.807) is 42.5 Å². The maximum absolute atomic E-state index is 13.2. The van der Waals surface area contributed by atoms with E-state index >= 15 is 0 Å². The highest BCUT2D eigenvalue weighted by Crippen LogP contribution is 2.24. The lowest BCUT2D eigenvalue weighted by molar-refractivity contribution is -0.133. The molecule has 190 valence electrons. The van der Waals surface area contributed by atoms with E-state index < -0.39 is 17.7 Å². The van der Waals surface area contributed by atoms with Gasteiger partial charge in [-0.05, 0) is 92.1 Å². The van der Waals surface area contributed by atoms with E-state index in [9.17, 15) is 14.4 Å². The molecule has 37 heavy (non-hydrogen) atoms. The second-order valence-electron chi connectivity index (χ2n) is 8.59. The first-order valence-corrected chi connectivity index (χ1v) is 12.6. The van der Waals surface area contributed by atoms with Crippen LogP contribution in [0.4, 0.5) is 11.4 Å². The first-order chi connectivity index (χ1) is 17.7. The topological polar surface area (TPSA) is 101 Å². The van der Waals surface area contributed by atoms with E-state index in [-0.39, 0.29) is 5.69 Å². The third-order valence-electron chi connectivity index (χ3n) is 5.77. The summed E-state index contributed by atoms with van der Waals surface area (Å²) in [7, 11) is 0. The van der Waals surface area contributed by atoms with Gasteiger partial charge in [0.2, 0.25) is 0 Å². The fourth-order valence-electron chi connectivity index (χ4n) is 3.68. The minimum absolute atomic E-state index is 0.171. The molecule has 8 nitrogen and oxygen atoms in total. The van der Waals surface area contributed by atoms with Gasteiger partial charge < -0.3 is 15.4 Å². The average molecular weight is 563 g/mol. The standard InChI is InChI=1S/C28H27BrN4O4/c1-4-13-37-23-10-8-21(9-11-23)30-27(35)28(36)32-33-24-12-6-20(29)15-19(24)16-25(33)26(34)31-22-7-5-17(2)18(3)14-22/h5-12,14-16H,4,13H2,1-3H3,(H,30,35)(H,31,34)(H,32,36). The molecule has 1 heterocycles. The normalized spacial score (nSPS) is 10.7. The summed E-state index contributed by atoms with van der Waals surface area (Å²) in [6.45, 7) is 6.56. The number of hydrogen-bond donors (Lipinski definition) is 3. The van der Waals surface area contributed by atoms with Crippen molar-refractivity contribution in [2.24, 2.45) is 0 Å². The highest BCUT2D eigenvalue weighted by Gasteiger charge is 2.21. The van der Waals surface area contributed by atoms with Crippen LogP contribution in [0.1, 0.15) is 35.0 Å². The van der Waals surface area contributed by atoms with E-state index in [4.69, 9.17) is 4.74 Å². The van der Waals surface area contributed by atoms with Crippen molar-refractivity contribution in [1.29, 1.82) is 0 Å². The highest BCUT2D eigenvalue weighted by atomic mass is 79.9. The van der Waals surface area contributed by atoms with Gasteiger partial charge in [0, 0.05) is 21.2 Å². The molecule has 3 aromatic carbocycles. The number of anilines is 2. The molecule has 0 fully saturated rings. The number of rotatable bonds is 7. The van der Waals surface area contributed by atoms with E-state index in [1.165, 1.54) is 4.68 Å². The minimum Gasteiger partial charge on any atom is -0.494 e. The number of aromatic nitrogens is 1. The Labute approximate surface area is 223 Å². The van der Waals surface area contributed by atoms with E-state index in [0.29, 0.717) is 34.6 Å². The van der Waals surface area contributed by atoms with Crippen molar-refractivity contribution in [3.05, 3.63) is 88.0 Å². The molecule has 0 aliphatic carbocycles. The Morgan fingerprint density at radius 2 is 1.57 bits per heavy atom. The molecule has 0 aliphatic rings. The van der Waals surface area contributed by atoms with Crippen LogP contribution in [-0.2, 0) is 9.59 Å². The number of nitrogens with zero attached hydrogens (tertiary/aromatic N) is 1. The van der Waals surface area contributed by atoms with Crippen molar-refractivity contribution in [1.82, 2.24) is 4.68 Å². The summed E-state index contributed by atoms with van der Waals surface area (Å²) in [6.07, 6.45) is 0.883. The number of nitrogens with one attached hydrogen (secondary N) is 3. The molecule has 0 aliphatic heterocycles. The third kappa shape index (κ3) is 6.18. The fraction of sp³-hybridized carbons (Fsp3) is 0.179. The summed E-state index contributed by atoms with van der Waals surface area (Å²) in [4.78, 5) is 38.7. The van der Waals surface area contributed by atoms with Crippen LogP contribution in [0.3, 0.4) is 0 Å². The summed E-state index contributed by atoms with van der Waals surface area (Å²) >= 11 is 3.43. The summed E-state index contributed by atoms with van der Waals surface area (Å²) in [5.74, 6) is -1.55. The van der Waals surface area contributed by atoms with Crippen molar-refractivity contribution in [3.8, 4) is 5.75 Å². The smallest absolute Gasteiger partial charge is 0.328 e. The summed E-state index contributed by atoms with van der Waals surface area (Å²) in [5, 5.41) is 6.15. The van der Waals surface area contributed by atoms with Crippen molar-refractivity contribution >= 4 is 55.9 Å². The van der Waals surface area contributed by atoms with Crippen LogP contribution in [0.2, 0.25) is 0 Å². The lowest BCUT2D eigenvalue weighted by Crippen LogP contribution is -2.36. The number of aryl methyl sites for hydroxylation is 2. The predicted molar refractivity (Wildman–Crippen MR) is 149 cm³/mol. The molecule has 0 spiro atoms. The zero-order chi connectivity index (χ0) is 26.5. The summed E-state index contributed by atoms with van der Waals surface area (Å²) in [6, 6.07) is 19.4. The molecule has 4 aromatic rings. The van der Waals surface area contributed by atoms with Gasteiger partial charge in [-0.3, -0.25) is 19.8 Å². The van der Waals surface area contributed by atoms with Crippen molar-refractivity contribution in [2.75, 3.05) is 22.7 Å². The number of benzene rings is 3. The number of carbonyl (C=O) groups excluding carboxylic acids is 3. The molecule has 0 atom stereocenters. The SMILES string of the molecule is CCCOc1ccc(NC(=O)C(=O)Nn2c(C(=O)Nc3ccc(C)c(C)c3)cc3cc(Br)ccc32)cc1. The lowest BCUT2D eigenvalue weighted by Gasteiger charge is -2.13. The molecule has 0 bridgehead atoms. The highest BCUT2D eigenvalue weighted by molar-refractivity contribution is 9.10. The van der Waals surface area contributed by atoms with Crippen molar-refractivity contribution < 1.29 is 19.1 Å². The van der Waals surface area contributed by atoms with Crippen molar-refractivity contribution in [2.45, 2.75) is 27.2 Å². The molecule has 3 amide bonds. The largest absolute Gasteiger partial charge is 0.494 e. The predicted octanol–water partition coefficient (Wildman–Crippen LogP) is 5.77. The summed E-state index contributed by atoms with van der Waals surface area (Å²) in [5.41, 5.74) is 6.52. The van der Waals surface area contributed by atoms with Crippen LogP contribution in [0.5, 0.6) is 5.75 Å². The Hall–Kier alpha value is -4.11. The van der Waals surface area contributed by atoms with Gasteiger partial charge in [0.1, 0.15) is 11.4 Å². The minimum atomic E-state index is -0.924. The van der Waals surface area contributed by atoms with Gasteiger partial charge in [0.15, 0.2) is 0 Å². The Bertz CT molecular complexity index is 1480. The van der Waals surface area contributed by atoms with Gasteiger partial charge in [-0.1, -0.05) is 28.9 Å². The Balaban J connectivity index is 1.55. The third-order valence-corrected chi connectivity index (χ3v) is 6.26. The van der Waals surface area contributed by atoms with Gasteiger partial charge in [0.25, 0.3) is 5.91 Å². The number of carbonyl (C=O) groups is 3. The maximum Gasteiger partial charge on any atom is 0.328 e. The van der Waals surface area contributed by atoms with Crippen LogP contribution in [0.25, 0.3) is 10.9 Å². The second kappa shape index (κ2) is 11.3. The second-order valence-corrected chi connectivity index (χ2v) is 9.50. The van der Waals surface area contributed by atoms with Crippen LogP contribution >= 0.6 is 15.9 Å². The van der Waals surface area contributed by atoms with E-state index in [1.807, 2.05) is 45.0 Å². The van der Waals surface area contributed by atoms with E-state index in [2.05, 4.69) is 32.0 Å². The number of halogens is 1. The van der Waals surface area contributed by atoms with Crippen LogP contribution < -0.4 is 20.8 Å². The fourth-order valence-corrected chi connectivity index (χ4v) is 4.06. The van der Waals surface area contributed by atoms with Crippen molar-refractivity contribution in [3.63, 3.8) is 0 Å². The van der Waals surface area contributed by atoms with Gasteiger partial charge in [-0.15, -0.1) is 0 Å². The Kier molecular flexibility index (Phi) is 7.93. The molecular formula is C28H27BrN4O4. The lowest BCUT2D eigenvalue weighted by atomic mass is 10.1. The molecule has 0 saturated carbocycles. The first kappa shape index (κ1) is 26.0. The van der Waals surface area contributed by atoms with Gasteiger partial charge in [0.05, 0.1) is 12.1 Å². The van der Waals surface area contributed by atoms with Gasteiger partial charge in [-0.25, -0.2) is 4.68 Å². The maximum atomic E-state index is 13.2. The zero-order valence-electron chi connectivity index (χ0n) is 20.7. The Morgan fingerprint density at radius 3 is 2.27 bits per heavy atom. The molecule has 4 rings (SSSR count). The first-order valence-electron chi connectivity index (χ1n) is 11.8. The molecule has 1 aromatic heterocycles. The number of ether oxygens (including phenoxy) is 1. The molecule has 3 N–H and O–H groups in total. The van der Waals surface area contributed by atoms with E-state index in [0.717, 1.165) is 22.0 Å². The molecule has 0 unspecified atom stereocenters. The van der Waals surface area contributed by atoms with Gasteiger partial charge in [-0.2, -0.15) is 0 Å². The number of amides is 3. The average Bonchev–Trinajstić information content (AvgIpc) is 3.23. The number of hydrogen-bond acceptors (Lipinski definition) is 4. The molecule has 0 saturated heterocycles. The Morgan fingerprint density at radius 1 is 0.838 bits per heavy atom. The molecule has 0 radical (unpaired) electrons. The van der Waals surface area contributed by atoms with Crippen LogP contribution in [0, 0.1) is 13.8 Å². The van der Waals surface area contributed by atoms with Gasteiger partial charge >= 0.3 is 11.8 Å². The number of fused-ring (bicyclic) bond motifs is 1. The summed E-state index contributed by atoms with van der Waals surface area (Å²) < 4.78 is 7.67.